The molecule has 72 heavy (non-hydrogen) atoms. The van der Waals surface area contributed by atoms with Gasteiger partial charge in [-0.05, 0) is 110 Å². The lowest BCUT2D eigenvalue weighted by Gasteiger charge is -2.17. The first-order chi connectivity index (χ1) is 35.3. The predicted octanol–water partition coefficient (Wildman–Crippen LogP) is 8.62. The summed E-state index contributed by atoms with van der Waals surface area (Å²) in [6, 6.07) is 20.9. The van der Waals surface area contributed by atoms with Gasteiger partial charge in [0.2, 0.25) is 0 Å². The van der Waals surface area contributed by atoms with Crippen LogP contribution >= 0.6 is 0 Å². The smallest absolute Gasteiger partial charge is 0.305 e. The van der Waals surface area contributed by atoms with E-state index in [9.17, 15) is 9.59 Å². The summed E-state index contributed by atoms with van der Waals surface area (Å²) in [6.45, 7) is 4.20. The van der Waals surface area contributed by atoms with Crippen LogP contribution < -0.4 is 0 Å². The number of hydrogen-bond acceptors (Lipinski definition) is 14. The number of carbonyl (C=O) groups excluding carboxylic acids is 2. The van der Waals surface area contributed by atoms with Crippen LogP contribution in [0.2, 0.25) is 0 Å². The van der Waals surface area contributed by atoms with Crippen molar-refractivity contribution in [1.29, 1.82) is 0 Å². The van der Waals surface area contributed by atoms with E-state index < -0.39 is 25.2 Å². The third kappa shape index (κ3) is 10.6. The summed E-state index contributed by atoms with van der Waals surface area (Å²) in [6.07, 6.45) is 9.84. The SMILES string of the molecule is COC(=O)CCc1c2nc(c(CCc3cc(C4OCCO4)cc(C4OCCO4)c3)c3ccc([nH]3)c(CCC(=O)OC)c3nc(c(CCc4cc(C5OCCO5)cc(C5OCCO5)c4)c4ccc1[nH]4)C=C3)C=C2. The van der Waals surface area contributed by atoms with Crippen LogP contribution in [0, 0.1) is 0 Å². The second-order valence-electron chi connectivity index (χ2n) is 18.4. The van der Waals surface area contributed by atoms with Crippen LogP contribution in [0.5, 0.6) is 0 Å². The van der Waals surface area contributed by atoms with Crippen molar-refractivity contribution in [3.8, 4) is 0 Å². The Morgan fingerprint density at radius 1 is 0.431 bits per heavy atom. The molecule has 16 heteroatoms. The Morgan fingerprint density at radius 3 is 0.986 bits per heavy atom. The minimum absolute atomic E-state index is 0.163. The van der Waals surface area contributed by atoms with Gasteiger partial charge in [0.1, 0.15) is 0 Å². The zero-order chi connectivity index (χ0) is 49.0. The van der Waals surface area contributed by atoms with E-state index >= 15 is 0 Å². The molecule has 2 N–H and O–H groups in total. The molecule has 0 unspecified atom stereocenters. The van der Waals surface area contributed by atoms with E-state index in [2.05, 4.69) is 58.5 Å². The molecule has 374 valence electrons. The second kappa shape index (κ2) is 21.8. The number of ether oxygens (including phenoxy) is 10. The number of aromatic nitrogens is 4. The number of benzene rings is 2. The third-order valence-corrected chi connectivity index (χ3v) is 13.8. The van der Waals surface area contributed by atoms with Gasteiger partial charge in [-0.3, -0.25) is 9.59 Å². The number of rotatable bonds is 16. The van der Waals surface area contributed by atoms with Crippen molar-refractivity contribution in [2.24, 2.45) is 0 Å². The van der Waals surface area contributed by atoms with Gasteiger partial charge < -0.3 is 57.3 Å². The van der Waals surface area contributed by atoms with Gasteiger partial charge in [-0.1, -0.05) is 24.3 Å². The molecule has 0 atom stereocenters. The van der Waals surface area contributed by atoms with Crippen molar-refractivity contribution < 1.29 is 57.0 Å². The van der Waals surface area contributed by atoms with Crippen LogP contribution in [0.1, 0.15) is 116 Å². The number of aryl methyl sites for hydroxylation is 6. The van der Waals surface area contributed by atoms with Gasteiger partial charge in [0.15, 0.2) is 25.2 Å². The van der Waals surface area contributed by atoms with Crippen LogP contribution in [-0.2, 0) is 95.5 Å². The summed E-state index contributed by atoms with van der Waals surface area (Å²) in [4.78, 5) is 43.8. The van der Waals surface area contributed by atoms with Gasteiger partial charge in [-0.2, -0.15) is 0 Å². The monoisotopic (exact) mass is 978 g/mol. The highest BCUT2D eigenvalue weighted by Gasteiger charge is 2.27. The topological polar surface area (TPSA) is 184 Å². The van der Waals surface area contributed by atoms with Crippen molar-refractivity contribution >= 4 is 58.3 Å². The summed E-state index contributed by atoms with van der Waals surface area (Å²) in [5, 5.41) is 0. The molecule has 0 saturated carbocycles. The van der Waals surface area contributed by atoms with Gasteiger partial charge in [-0.25, -0.2) is 9.97 Å². The van der Waals surface area contributed by atoms with Gasteiger partial charge in [0, 0.05) is 79.4 Å². The Balaban J connectivity index is 1.05. The lowest BCUT2D eigenvalue weighted by Crippen LogP contribution is -2.06. The van der Waals surface area contributed by atoms with Crippen molar-refractivity contribution in [2.75, 3.05) is 67.1 Å². The summed E-state index contributed by atoms with van der Waals surface area (Å²) in [7, 11) is 2.81. The standard InChI is InChI=1S/C56H58N4O12/c1-63-51(61)17-7-41-47-13-9-43(57-47)39(5-3-33-27-35(53-65-19-20-66-53)31-36(28-33)54-67-21-22-68-54)45-11-15-49(59-45)42(8-18-52(62)64-2)50-16-12-46(60-50)40(44-10-14-48(41)58-44)6-4-34-29-37(55-69-23-24-70-55)32-38(30-34)56-71-25-26-72-56/h9-16,27-32,53-57,60H,3-8,17-26H2,1-2H3. The Kier molecular flexibility index (Phi) is 14.5. The van der Waals surface area contributed by atoms with Crippen LogP contribution in [0.15, 0.2) is 60.7 Å². The molecule has 6 aliphatic heterocycles. The van der Waals surface area contributed by atoms with Gasteiger partial charge in [0.25, 0.3) is 0 Å². The average Bonchev–Trinajstić information content (AvgIpc) is 4.24. The molecule has 0 aliphatic carbocycles. The fourth-order valence-corrected chi connectivity index (χ4v) is 10.2. The van der Waals surface area contributed by atoms with Crippen LogP contribution in [0.3, 0.4) is 0 Å². The van der Waals surface area contributed by atoms with Crippen molar-refractivity contribution in [2.45, 2.75) is 76.5 Å². The molecule has 0 radical (unpaired) electrons. The zero-order valence-corrected chi connectivity index (χ0v) is 40.5. The molecule has 0 amide bonds. The Labute approximate surface area is 416 Å². The number of H-pyrrole nitrogens is 2. The fourth-order valence-electron chi connectivity index (χ4n) is 10.2. The molecule has 3 aromatic heterocycles. The molecule has 16 nitrogen and oxygen atoms in total. The number of hydrogen-bond donors (Lipinski definition) is 2. The highest BCUT2D eigenvalue weighted by atomic mass is 16.7. The van der Waals surface area contributed by atoms with Gasteiger partial charge in [0.05, 0.1) is 89.9 Å². The van der Waals surface area contributed by atoms with E-state index in [4.69, 9.17) is 57.3 Å². The predicted molar refractivity (Wildman–Crippen MR) is 266 cm³/mol. The molecule has 8 bridgehead atoms. The first kappa shape index (κ1) is 48.0. The quantitative estimate of drug-likeness (QED) is 0.0878. The van der Waals surface area contributed by atoms with E-state index in [0.29, 0.717) is 91.4 Å². The maximum Gasteiger partial charge on any atom is 0.305 e. The molecule has 2 aromatic carbocycles. The number of fused-ring (bicyclic) bond motifs is 8. The first-order valence-corrected chi connectivity index (χ1v) is 24.8. The van der Waals surface area contributed by atoms with E-state index in [-0.39, 0.29) is 24.8 Å². The molecule has 9 heterocycles. The molecule has 4 fully saturated rings. The second-order valence-corrected chi connectivity index (χ2v) is 18.4. The Bertz CT molecular complexity index is 2790. The van der Waals surface area contributed by atoms with E-state index in [1.807, 2.05) is 36.4 Å². The van der Waals surface area contributed by atoms with Crippen molar-refractivity contribution in [3.63, 3.8) is 0 Å². The minimum Gasteiger partial charge on any atom is -0.469 e. The number of methoxy groups -OCH3 is 2. The summed E-state index contributed by atoms with van der Waals surface area (Å²) in [5.41, 5.74) is 16.0. The van der Waals surface area contributed by atoms with Crippen LogP contribution in [0.25, 0.3) is 46.4 Å². The third-order valence-electron chi connectivity index (χ3n) is 13.8. The maximum absolute atomic E-state index is 12.8. The fraction of sp³-hybridized carbons (Fsp3) is 0.393. The number of nitrogens with zero attached hydrogens (tertiary/aromatic N) is 2. The lowest BCUT2D eigenvalue weighted by atomic mass is 9.98. The first-order valence-electron chi connectivity index (χ1n) is 24.8. The number of nitrogens with one attached hydrogen (secondary N) is 2. The largest absolute Gasteiger partial charge is 0.469 e. The van der Waals surface area contributed by atoms with Crippen molar-refractivity contribution in [3.05, 3.63) is 139 Å². The van der Waals surface area contributed by atoms with E-state index in [0.717, 1.165) is 100 Å². The molecule has 6 aliphatic rings. The summed E-state index contributed by atoms with van der Waals surface area (Å²) >= 11 is 0. The minimum atomic E-state index is -0.471. The number of aromatic amines is 2. The molecular formula is C56H58N4O12. The molecule has 4 saturated heterocycles. The van der Waals surface area contributed by atoms with Crippen LogP contribution in [-0.4, -0.2) is 98.9 Å². The van der Waals surface area contributed by atoms with Gasteiger partial charge in [-0.15, -0.1) is 0 Å². The molecule has 0 spiro atoms. The van der Waals surface area contributed by atoms with Crippen molar-refractivity contribution in [1.82, 2.24) is 19.9 Å². The highest BCUT2D eigenvalue weighted by Crippen LogP contribution is 2.35. The maximum atomic E-state index is 12.8. The summed E-state index contributed by atoms with van der Waals surface area (Å²) < 4.78 is 57.8. The lowest BCUT2D eigenvalue weighted by molar-refractivity contribution is -0.141. The average molecular weight is 979 g/mol. The number of carbonyl (C=O) groups is 2. The normalized spacial score (nSPS) is 17.5. The molecule has 5 aromatic rings. The molecular weight excluding hydrogens is 921 g/mol. The van der Waals surface area contributed by atoms with Crippen LogP contribution in [0.4, 0.5) is 0 Å². The zero-order valence-electron chi connectivity index (χ0n) is 40.5. The highest BCUT2D eigenvalue weighted by molar-refractivity contribution is 5.84. The number of esters is 2. The van der Waals surface area contributed by atoms with E-state index in [1.165, 1.54) is 14.2 Å². The summed E-state index contributed by atoms with van der Waals surface area (Å²) in [5.74, 6) is -0.627. The Morgan fingerprint density at radius 2 is 0.708 bits per heavy atom. The Hall–Kier alpha value is -6.34. The van der Waals surface area contributed by atoms with Gasteiger partial charge >= 0.3 is 11.9 Å². The van der Waals surface area contributed by atoms with E-state index in [1.54, 1.807) is 0 Å². The molecule has 11 rings (SSSR count).